The van der Waals surface area contributed by atoms with Gasteiger partial charge in [-0.15, -0.1) is 0 Å². The normalized spacial score (nSPS) is 16.2. The molecule has 0 radical (unpaired) electrons. The maximum atomic E-state index is 11.5. The average molecular weight is 438 g/mol. The Hall–Kier alpha value is -4.43. The number of nitriles is 2. The molecule has 0 fully saturated rings. The summed E-state index contributed by atoms with van der Waals surface area (Å²) < 4.78 is 0. The van der Waals surface area contributed by atoms with Crippen molar-refractivity contribution in [3.8, 4) is 23.4 Å². The van der Waals surface area contributed by atoms with E-state index in [2.05, 4.69) is 45.0 Å². The Morgan fingerprint density at radius 3 is 2.76 bits per heavy atom. The average Bonchev–Trinajstić information content (AvgIpc) is 3.16. The molecule has 1 aliphatic rings. The molecule has 4 rings (SSSR count). The van der Waals surface area contributed by atoms with Crippen LogP contribution in [0.3, 0.4) is 0 Å². The predicted octanol–water partition coefficient (Wildman–Crippen LogP) is 3.76. The second-order valence-electron chi connectivity index (χ2n) is 8.41. The lowest BCUT2D eigenvalue weighted by atomic mass is 9.82. The Bertz CT molecular complexity index is 1340. The molecule has 1 amide bonds. The molecule has 1 atom stereocenters. The lowest BCUT2D eigenvalue weighted by molar-refractivity contribution is -0.119. The van der Waals surface area contributed by atoms with E-state index in [1.165, 1.54) is 6.92 Å². The van der Waals surface area contributed by atoms with Gasteiger partial charge in [-0.1, -0.05) is 13.0 Å². The maximum absolute atomic E-state index is 11.5. The van der Waals surface area contributed by atoms with Crippen LogP contribution in [0.25, 0.3) is 11.3 Å². The molecule has 2 heterocycles. The molecule has 0 unspecified atom stereocenters. The summed E-state index contributed by atoms with van der Waals surface area (Å²) >= 11 is 0. The molecule has 1 aromatic heterocycles. The third kappa shape index (κ3) is 4.32. The second kappa shape index (κ2) is 8.60. The molecule has 0 aliphatic carbocycles. The zero-order chi connectivity index (χ0) is 23.6. The molecule has 33 heavy (non-hydrogen) atoms. The number of rotatable bonds is 5. The van der Waals surface area contributed by atoms with Gasteiger partial charge in [0.2, 0.25) is 11.9 Å². The number of carbonyl (C=O) groups is 1. The Balaban J connectivity index is 1.72. The standard InChI is InChI=1S/C25H23N7O/c1-15-4-5-17(11-26)8-22(15)32-24-28-7-6-21(31-24)18-9-19(12-27)23-20(10-18)25(3,14-30-23)13-29-16(2)33/h4-10,30H,13-14H2,1-3H3,(H,29,33)(H,28,31,32)/t25-/m0/s1. The third-order valence-electron chi connectivity index (χ3n) is 5.86. The molecule has 8 nitrogen and oxygen atoms in total. The molecule has 0 spiro atoms. The van der Waals surface area contributed by atoms with E-state index in [4.69, 9.17) is 0 Å². The van der Waals surface area contributed by atoms with Crippen LogP contribution in [0.15, 0.2) is 42.6 Å². The van der Waals surface area contributed by atoms with Gasteiger partial charge in [0.25, 0.3) is 0 Å². The number of carbonyl (C=O) groups excluding carboxylic acids is 1. The smallest absolute Gasteiger partial charge is 0.227 e. The van der Waals surface area contributed by atoms with Crippen molar-refractivity contribution in [3.63, 3.8) is 0 Å². The molecule has 2 aromatic carbocycles. The van der Waals surface area contributed by atoms with Gasteiger partial charge in [-0.25, -0.2) is 9.97 Å². The number of amides is 1. The number of hydrogen-bond acceptors (Lipinski definition) is 7. The lowest BCUT2D eigenvalue weighted by Gasteiger charge is -2.24. The molecule has 1 aliphatic heterocycles. The Labute approximate surface area is 192 Å². The van der Waals surface area contributed by atoms with Crippen LogP contribution in [0.2, 0.25) is 0 Å². The van der Waals surface area contributed by atoms with E-state index in [-0.39, 0.29) is 11.3 Å². The van der Waals surface area contributed by atoms with Crippen molar-refractivity contribution in [2.75, 3.05) is 23.7 Å². The topological polar surface area (TPSA) is 127 Å². The van der Waals surface area contributed by atoms with Crippen LogP contribution in [-0.2, 0) is 10.2 Å². The summed E-state index contributed by atoms with van der Waals surface area (Å²) in [6.07, 6.45) is 1.65. The van der Waals surface area contributed by atoms with Gasteiger partial charge >= 0.3 is 0 Å². The number of benzene rings is 2. The number of nitrogens with zero attached hydrogens (tertiary/aromatic N) is 4. The van der Waals surface area contributed by atoms with Gasteiger partial charge in [0.1, 0.15) is 6.07 Å². The van der Waals surface area contributed by atoms with Gasteiger partial charge in [-0.3, -0.25) is 4.79 Å². The molecule has 8 heteroatoms. The van der Waals surface area contributed by atoms with Gasteiger partial charge < -0.3 is 16.0 Å². The minimum atomic E-state index is -0.356. The Morgan fingerprint density at radius 1 is 1.21 bits per heavy atom. The highest BCUT2D eigenvalue weighted by Crippen LogP contribution is 2.41. The molecular weight excluding hydrogens is 414 g/mol. The van der Waals surface area contributed by atoms with E-state index in [0.29, 0.717) is 35.9 Å². The number of aryl methyl sites for hydroxylation is 1. The summed E-state index contributed by atoms with van der Waals surface area (Å²) in [7, 11) is 0. The SMILES string of the molecule is CC(=O)NC[C@@]1(C)CNc2c(C#N)cc(-c3ccnc(Nc4cc(C#N)ccc4C)n3)cc21. The first kappa shape index (κ1) is 21.8. The van der Waals surface area contributed by atoms with Crippen LogP contribution in [0.4, 0.5) is 17.3 Å². The largest absolute Gasteiger partial charge is 0.383 e. The molecule has 3 N–H and O–H groups in total. The van der Waals surface area contributed by atoms with Crippen LogP contribution < -0.4 is 16.0 Å². The van der Waals surface area contributed by atoms with Crippen LogP contribution in [0.5, 0.6) is 0 Å². The highest BCUT2D eigenvalue weighted by atomic mass is 16.1. The van der Waals surface area contributed by atoms with Crippen LogP contribution in [0.1, 0.15) is 36.1 Å². The number of nitrogens with one attached hydrogen (secondary N) is 3. The quantitative estimate of drug-likeness (QED) is 0.555. The summed E-state index contributed by atoms with van der Waals surface area (Å²) in [5, 5.41) is 28.4. The number of anilines is 3. The summed E-state index contributed by atoms with van der Waals surface area (Å²) in [5.74, 6) is 0.299. The highest BCUT2D eigenvalue weighted by Gasteiger charge is 2.36. The van der Waals surface area contributed by atoms with Crippen molar-refractivity contribution in [1.29, 1.82) is 10.5 Å². The number of hydrogen-bond donors (Lipinski definition) is 3. The van der Waals surface area contributed by atoms with Gasteiger partial charge in [-0.05, 0) is 48.4 Å². The van der Waals surface area contributed by atoms with Crippen LogP contribution in [-0.4, -0.2) is 29.0 Å². The third-order valence-corrected chi connectivity index (χ3v) is 5.86. The van der Waals surface area contributed by atoms with E-state index in [1.807, 2.05) is 25.1 Å². The molecule has 0 saturated carbocycles. The highest BCUT2D eigenvalue weighted by molar-refractivity contribution is 5.77. The van der Waals surface area contributed by atoms with Crippen molar-refractivity contribution in [1.82, 2.24) is 15.3 Å². The first-order chi connectivity index (χ1) is 15.8. The zero-order valence-corrected chi connectivity index (χ0v) is 18.7. The van der Waals surface area contributed by atoms with Crippen molar-refractivity contribution in [2.45, 2.75) is 26.2 Å². The summed E-state index contributed by atoms with van der Waals surface area (Å²) in [6.45, 7) is 6.57. The van der Waals surface area contributed by atoms with Crippen molar-refractivity contribution in [2.24, 2.45) is 0 Å². The number of aromatic nitrogens is 2. The van der Waals surface area contributed by atoms with Gasteiger partial charge in [0.05, 0.1) is 28.6 Å². The van der Waals surface area contributed by atoms with E-state index in [1.54, 1.807) is 24.4 Å². The molecule has 0 saturated heterocycles. The lowest BCUT2D eigenvalue weighted by Crippen LogP contribution is -2.39. The van der Waals surface area contributed by atoms with Crippen molar-refractivity contribution < 1.29 is 4.79 Å². The van der Waals surface area contributed by atoms with Crippen molar-refractivity contribution in [3.05, 3.63) is 64.8 Å². The molecule has 0 bridgehead atoms. The van der Waals surface area contributed by atoms with Gasteiger partial charge in [0.15, 0.2) is 0 Å². The first-order valence-corrected chi connectivity index (χ1v) is 10.5. The van der Waals surface area contributed by atoms with Crippen molar-refractivity contribution >= 4 is 23.2 Å². The summed E-state index contributed by atoms with van der Waals surface area (Å²) in [5.41, 5.74) is 5.65. The predicted molar refractivity (Wildman–Crippen MR) is 126 cm³/mol. The van der Waals surface area contributed by atoms with E-state index >= 15 is 0 Å². The van der Waals surface area contributed by atoms with Gasteiger partial charge in [-0.2, -0.15) is 10.5 Å². The number of fused-ring (bicyclic) bond motifs is 1. The molecule has 3 aromatic rings. The first-order valence-electron chi connectivity index (χ1n) is 10.5. The molecule has 164 valence electrons. The fourth-order valence-corrected chi connectivity index (χ4v) is 3.93. The Kier molecular flexibility index (Phi) is 5.68. The minimum Gasteiger partial charge on any atom is -0.383 e. The monoisotopic (exact) mass is 437 g/mol. The summed E-state index contributed by atoms with van der Waals surface area (Å²) in [4.78, 5) is 20.5. The maximum Gasteiger partial charge on any atom is 0.227 e. The Morgan fingerprint density at radius 2 is 2.03 bits per heavy atom. The summed E-state index contributed by atoms with van der Waals surface area (Å²) in [6, 6.07) is 15.4. The fourth-order valence-electron chi connectivity index (χ4n) is 3.93. The minimum absolute atomic E-state index is 0.0939. The molecular formula is C25H23N7O. The van der Waals surface area contributed by atoms with Gasteiger partial charge in [0, 0.05) is 42.9 Å². The van der Waals surface area contributed by atoms with Crippen LogP contribution in [0, 0.1) is 29.6 Å². The fraction of sp³-hybridized carbons (Fsp3) is 0.240. The zero-order valence-electron chi connectivity index (χ0n) is 18.7. The van der Waals surface area contributed by atoms with E-state index in [9.17, 15) is 15.3 Å². The second-order valence-corrected chi connectivity index (χ2v) is 8.41. The van der Waals surface area contributed by atoms with E-state index in [0.717, 1.165) is 28.1 Å². The van der Waals surface area contributed by atoms with E-state index < -0.39 is 0 Å². The van der Waals surface area contributed by atoms with Crippen LogP contribution >= 0.6 is 0 Å².